The van der Waals surface area contributed by atoms with Gasteiger partial charge in [0.15, 0.2) is 5.75 Å². The number of rotatable bonds is 2. The van der Waals surface area contributed by atoms with Gasteiger partial charge in [0.1, 0.15) is 5.75 Å². The summed E-state index contributed by atoms with van der Waals surface area (Å²) in [6.45, 7) is 0. The maximum Gasteiger partial charge on any atom is 0.417 e. The molecule has 0 atom stereocenters. The second kappa shape index (κ2) is 5.42. The Balaban J connectivity index is 2.31. The molecule has 0 spiro atoms. The number of halogens is 5. The van der Waals surface area contributed by atoms with Crippen LogP contribution in [0.3, 0.4) is 0 Å². The van der Waals surface area contributed by atoms with E-state index in [-0.39, 0.29) is 11.5 Å². The van der Waals surface area contributed by atoms with Crippen molar-refractivity contribution in [3.05, 3.63) is 52.0 Å². The number of anilines is 1. The van der Waals surface area contributed by atoms with E-state index in [4.69, 9.17) is 33.7 Å². The van der Waals surface area contributed by atoms with Gasteiger partial charge in [0.2, 0.25) is 0 Å². The van der Waals surface area contributed by atoms with E-state index in [0.717, 1.165) is 18.2 Å². The minimum Gasteiger partial charge on any atom is -0.455 e. The molecule has 0 aromatic heterocycles. The lowest BCUT2D eigenvalue weighted by atomic mass is 10.2. The zero-order valence-electron chi connectivity index (χ0n) is 9.84. The van der Waals surface area contributed by atoms with Crippen LogP contribution in [0.1, 0.15) is 5.56 Å². The number of hydrogen-bond donors (Lipinski definition) is 1. The number of nitrogen functional groups attached to an aromatic ring is 1. The quantitative estimate of drug-likeness (QED) is 0.753. The third-order valence-corrected chi connectivity index (χ3v) is 3.00. The minimum absolute atomic E-state index is 0.136. The van der Waals surface area contributed by atoms with Crippen molar-refractivity contribution in [1.82, 2.24) is 0 Å². The zero-order valence-corrected chi connectivity index (χ0v) is 11.4. The minimum atomic E-state index is -4.51. The van der Waals surface area contributed by atoms with E-state index in [1.54, 1.807) is 6.07 Å². The third-order valence-electron chi connectivity index (χ3n) is 2.45. The van der Waals surface area contributed by atoms with Crippen molar-refractivity contribution in [1.29, 1.82) is 0 Å². The average Bonchev–Trinajstić information content (AvgIpc) is 2.32. The summed E-state index contributed by atoms with van der Waals surface area (Å²) in [6.07, 6.45) is -4.51. The molecule has 0 bridgehead atoms. The van der Waals surface area contributed by atoms with Crippen molar-refractivity contribution in [3.63, 3.8) is 0 Å². The smallest absolute Gasteiger partial charge is 0.417 e. The molecule has 2 aromatic carbocycles. The van der Waals surface area contributed by atoms with E-state index >= 15 is 0 Å². The van der Waals surface area contributed by atoms with Crippen LogP contribution >= 0.6 is 23.2 Å². The Morgan fingerprint density at radius 2 is 1.70 bits per heavy atom. The molecule has 20 heavy (non-hydrogen) atoms. The summed E-state index contributed by atoms with van der Waals surface area (Å²) >= 11 is 11.4. The topological polar surface area (TPSA) is 35.2 Å². The monoisotopic (exact) mass is 321 g/mol. The number of alkyl halides is 3. The Morgan fingerprint density at radius 3 is 2.30 bits per heavy atom. The Labute approximate surface area is 122 Å². The molecular formula is C13H8Cl2F3NO. The first-order chi connectivity index (χ1) is 9.27. The van der Waals surface area contributed by atoms with Gasteiger partial charge in [-0.15, -0.1) is 0 Å². The van der Waals surface area contributed by atoms with Gasteiger partial charge in [0.05, 0.1) is 16.3 Å². The summed E-state index contributed by atoms with van der Waals surface area (Å²) in [5, 5.41) is -0.0530. The van der Waals surface area contributed by atoms with E-state index in [1.165, 1.54) is 12.1 Å². The van der Waals surface area contributed by atoms with Crippen molar-refractivity contribution >= 4 is 28.9 Å². The Bertz CT molecular complexity index is 644. The largest absolute Gasteiger partial charge is 0.455 e. The first-order valence-electron chi connectivity index (χ1n) is 5.37. The maximum absolute atomic E-state index is 12.6. The van der Waals surface area contributed by atoms with Gasteiger partial charge in [-0.25, -0.2) is 0 Å². The summed E-state index contributed by atoms with van der Waals surface area (Å²) < 4.78 is 43.1. The highest BCUT2D eigenvalue weighted by Crippen LogP contribution is 2.38. The van der Waals surface area contributed by atoms with Crippen LogP contribution in [0, 0.1) is 0 Å². The molecule has 7 heteroatoms. The zero-order chi connectivity index (χ0) is 14.9. The highest BCUT2D eigenvalue weighted by Gasteiger charge is 2.33. The molecule has 0 aliphatic carbocycles. The van der Waals surface area contributed by atoms with Crippen molar-refractivity contribution in [3.8, 4) is 11.5 Å². The van der Waals surface area contributed by atoms with E-state index in [2.05, 4.69) is 0 Å². The molecule has 0 saturated carbocycles. The summed E-state index contributed by atoms with van der Waals surface area (Å²) in [7, 11) is 0. The molecule has 0 unspecified atom stereocenters. The van der Waals surface area contributed by atoms with E-state index < -0.39 is 16.8 Å². The molecule has 0 fully saturated rings. The fourth-order valence-corrected chi connectivity index (χ4v) is 1.95. The molecule has 0 radical (unpaired) electrons. The average molecular weight is 322 g/mol. The standard InChI is InChI=1S/C13H8Cl2F3NO/c14-7-1-4-11(19)12(5-7)20-8-2-3-9(10(15)6-8)13(16,17)18/h1-6H,19H2. The lowest BCUT2D eigenvalue weighted by Crippen LogP contribution is -2.05. The number of hydrogen-bond acceptors (Lipinski definition) is 2. The van der Waals surface area contributed by atoms with Crippen molar-refractivity contribution in [2.45, 2.75) is 6.18 Å². The number of nitrogens with two attached hydrogens (primary N) is 1. The third kappa shape index (κ3) is 3.29. The molecule has 2 N–H and O–H groups in total. The molecule has 0 saturated heterocycles. The van der Waals surface area contributed by atoms with Crippen LogP contribution < -0.4 is 10.5 Å². The number of ether oxygens (including phenoxy) is 1. The predicted octanol–water partition coefficient (Wildman–Crippen LogP) is 5.39. The lowest BCUT2D eigenvalue weighted by Gasteiger charge is -2.12. The Hall–Kier alpha value is -1.59. The molecule has 2 aromatic rings. The van der Waals surface area contributed by atoms with Gasteiger partial charge in [-0.2, -0.15) is 13.2 Å². The van der Waals surface area contributed by atoms with Crippen LogP contribution in [-0.2, 0) is 6.18 Å². The normalized spacial score (nSPS) is 11.4. The molecule has 2 nitrogen and oxygen atoms in total. The van der Waals surface area contributed by atoms with Gasteiger partial charge >= 0.3 is 6.18 Å². The summed E-state index contributed by atoms with van der Waals surface area (Å²) in [4.78, 5) is 0. The van der Waals surface area contributed by atoms with E-state index in [0.29, 0.717) is 10.7 Å². The van der Waals surface area contributed by atoms with Gasteiger partial charge in [0, 0.05) is 17.2 Å². The van der Waals surface area contributed by atoms with Crippen LogP contribution in [0.15, 0.2) is 36.4 Å². The second-order valence-corrected chi connectivity index (χ2v) is 4.77. The van der Waals surface area contributed by atoms with Crippen LogP contribution in [0.5, 0.6) is 11.5 Å². The molecule has 2 rings (SSSR count). The summed E-state index contributed by atoms with van der Waals surface area (Å²) in [6, 6.07) is 7.65. The summed E-state index contributed by atoms with van der Waals surface area (Å²) in [5.74, 6) is 0.380. The van der Waals surface area contributed by atoms with Gasteiger partial charge in [0.25, 0.3) is 0 Å². The van der Waals surface area contributed by atoms with Crippen LogP contribution in [0.2, 0.25) is 10.0 Å². The molecular weight excluding hydrogens is 314 g/mol. The molecule has 0 heterocycles. The van der Waals surface area contributed by atoms with Gasteiger partial charge in [-0.1, -0.05) is 23.2 Å². The maximum atomic E-state index is 12.6. The molecule has 0 amide bonds. The highest BCUT2D eigenvalue weighted by atomic mass is 35.5. The first kappa shape index (κ1) is 14.8. The number of benzene rings is 2. The van der Waals surface area contributed by atoms with E-state index in [9.17, 15) is 13.2 Å². The molecule has 106 valence electrons. The van der Waals surface area contributed by atoms with Gasteiger partial charge < -0.3 is 10.5 Å². The van der Waals surface area contributed by atoms with Crippen molar-refractivity contribution < 1.29 is 17.9 Å². The second-order valence-electron chi connectivity index (χ2n) is 3.92. The van der Waals surface area contributed by atoms with Gasteiger partial charge in [-0.3, -0.25) is 0 Å². The molecule has 0 aliphatic heterocycles. The van der Waals surface area contributed by atoms with Crippen LogP contribution in [0.4, 0.5) is 18.9 Å². The first-order valence-corrected chi connectivity index (χ1v) is 6.12. The van der Waals surface area contributed by atoms with Crippen molar-refractivity contribution in [2.24, 2.45) is 0 Å². The van der Waals surface area contributed by atoms with E-state index in [1.807, 2.05) is 0 Å². The van der Waals surface area contributed by atoms with Crippen molar-refractivity contribution in [2.75, 3.05) is 5.73 Å². The van der Waals surface area contributed by atoms with Gasteiger partial charge in [-0.05, 0) is 24.3 Å². The Kier molecular flexibility index (Phi) is 4.01. The predicted molar refractivity (Wildman–Crippen MR) is 72.4 cm³/mol. The fourth-order valence-electron chi connectivity index (χ4n) is 1.51. The lowest BCUT2D eigenvalue weighted by molar-refractivity contribution is -0.137. The van der Waals surface area contributed by atoms with Crippen LogP contribution in [-0.4, -0.2) is 0 Å². The fraction of sp³-hybridized carbons (Fsp3) is 0.0769. The molecule has 0 aliphatic rings. The van der Waals surface area contributed by atoms with Crippen LogP contribution in [0.25, 0.3) is 0 Å². The SMILES string of the molecule is Nc1ccc(Cl)cc1Oc1ccc(C(F)(F)F)c(Cl)c1. The Morgan fingerprint density at radius 1 is 1.00 bits per heavy atom. The highest BCUT2D eigenvalue weighted by molar-refractivity contribution is 6.31. The summed E-state index contributed by atoms with van der Waals surface area (Å²) in [5.41, 5.74) is 5.06.